The second kappa shape index (κ2) is 6.96. The number of hydrogen-bond donors (Lipinski definition) is 3. The molecular formula is C16H11F3IN3O4. The second-order valence-electron chi connectivity index (χ2n) is 5.60. The SMILES string of the molecule is O=C(NCC(O)(c1ncco1)C(F)(F)F)c1c[nH]c2ccc(I)cc2c1=O. The number of amides is 1. The number of rotatable bonds is 4. The Hall–Kier alpha value is -2.41. The lowest BCUT2D eigenvalue weighted by molar-refractivity contribution is -0.271. The van der Waals surface area contributed by atoms with Crippen LogP contribution in [0.25, 0.3) is 10.9 Å². The smallest absolute Gasteiger partial charge is 0.428 e. The fourth-order valence-electron chi connectivity index (χ4n) is 2.39. The maximum atomic E-state index is 13.3. The Morgan fingerprint density at radius 1 is 1.37 bits per heavy atom. The summed E-state index contributed by atoms with van der Waals surface area (Å²) in [5.41, 5.74) is -4.10. The first kappa shape index (κ1) is 19.4. The van der Waals surface area contributed by atoms with Gasteiger partial charge in [-0.2, -0.15) is 13.2 Å². The quantitative estimate of drug-likeness (QED) is 0.484. The molecular weight excluding hydrogens is 482 g/mol. The molecule has 0 radical (unpaired) electrons. The number of aromatic amines is 1. The van der Waals surface area contributed by atoms with Crippen molar-refractivity contribution in [2.75, 3.05) is 6.54 Å². The predicted octanol–water partition coefficient (Wildman–Crippen LogP) is 2.30. The number of nitrogens with one attached hydrogen (secondary N) is 2. The molecule has 11 heteroatoms. The predicted molar refractivity (Wildman–Crippen MR) is 96.1 cm³/mol. The van der Waals surface area contributed by atoms with Crippen molar-refractivity contribution >= 4 is 39.4 Å². The molecule has 27 heavy (non-hydrogen) atoms. The molecule has 0 aliphatic carbocycles. The number of alkyl halides is 3. The van der Waals surface area contributed by atoms with Gasteiger partial charge < -0.3 is 19.8 Å². The molecule has 0 spiro atoms. The fourth-order valence-corrected chi connectivity index (χ4v) is 2.88. The fraction of sp³-hybridized carbons (Fsp3) is 0.188. The zero-order chi connectivity index (χ0) is 19.8. The van der Waals surface area contributed by atoms with Crippen LogP contribution in [0.5, 0.6) is 0 Å². The summed E-state index contributed by atoms with van der Waals surface area (Å²) in [7, 11) is 0. The zero-order valence-electron chi connectivity index (χ0n) is 13.3. The highest BCUT2D eigenvalue weighted by molar-refractivity contribution is 14.1. The molecule has 0 saturated heterocycles. The highest BCUT2D eigenvalue weighted by Crippen LogP contribution is 2.37. The number of benzene rings is 1. The molecule has 1 amide bonds. The van der Waals surface area contributed by atoms with Gasteiger partial charge in [-0.15, -0.1) is 0 Å². The van der Waals surface area contributed by atoms with E-state index in [1.807, 2.05) is 27.9 Å². The topological polar surface area (TPSA) is 108 Å². The van der Waals surface area contributed by atoms with Gasteiger partial charge in [-0.05, 0) is 40.8 Å². The standard InChI is InChI=1S/C16H11F3IN3O4/c17-16(18,19)15(26,14-21-3-4-27-14)7-23-13(25)10-6-22-11-2-1-8(20)5-9(11)12(10)24/h1-6,26H,7H2,(H,22,24)(H,23,25). The number of aliphatic hydroxyl groups is 1. The minimum Gasteiger partial charge on any atom is -0.446 e. The van der Waals surface area contributed by atoms with E-state index in [1.165, 1.54) is 0 Å². The van der Waals surface area contributed by atoms with Crippen LogP contribution in [-0.2, 0) is 5.60 Å². The zero-order valence-corrected chi connectivity index (χ0v) is 15.5. The molecule has 0 aliphatic rings. The van der Waals surface area contributed by atoms with Crippen LogP contribution >= 0.6 is 22.6 Å². The summed E-state index contributed by atoms with van der Waals surface area (Å²) in [6.07, 6.45) is -2.27. The lowest BCUT2D eigenvalue weighted by atomic mass is 10.0. The van der Waals surface area contributed by atoms with Gasteiger partial charge in [0, 0.05) is 20.7 Å². The Labute approximate surface area is 162 Å². The van der Waals surface area contributed by atoms with Gasteiger partial charge in [0.25, 0.3) is 11.5 Å². The molecule has 1 aromatic carbocycles. The van der Waals surface area contributed by atoms with Gasteiger partial charge in [-0.25, -0.2) is 4.98 Å². The largest absolute Gasteiger partial charge is 0.446 e. The van der Waals surface area contributed by atoms with Crippen LogP contribution in [0.1, 0.15) is 16.2 Å². The number of nitrogens with zero attached hydrogens (tertiary/aromatic N) is 1. The van der Waals surface area contributed by atoms with Gasteiger partial charge in [0.2, 0.25) is 11.3 Å². The molecule has 0 bridgehead atoms. The molecule has 0 saturated carbocycles. The van der Waals surface area contributed by atoms with Crippen molar-refractivity contribution in [1.29, 1.82) is 0 Å². The number of fused-ring (bicyclic) bond motifs is 1. The van der Waals surface area contributed by atoms with Gasteiger partial charge in [-0.1, -0.05) is 0 Å². The summed E-state index contributed by atoms with van der Waals surface area (Å²) in [4.78, 5) is 30.8. The molecule has 1 unspecified atom stereocenters. The number of aromatic nitrogens is 2. The van der Waals surface area contributed by atoms with Gasteiger partial charge in [0.05, 0.1) is 12.7 Å². The normalized spacial score (nSPS) is 14.1. The van der Waals surface area contributed by atoms with E-state index in [0.717, 1.165) is 22.2 Å². The minimum absolute atomic E-state index is 0.216. The summed E-state index contributed by atoms with van der Waals surface area (Å²) in [6, 6.07) is 4.94. The lowest BCUT2D eigenvalue weighted by Gasteiger charge is -2.27. The molecule has 7 nitrogen and oxygen atoms in total. The summed E-state index contributed by atoms with van der Waals surface area (Å²) < 4.78 is 45.2. The first-order chi connectivity index (χ1) is 12.6. The Morgan fingerprint density at radius 3 is 2.74 bits per heavy atom. The van der Waals surface area contributed by atoms with Gasteiger partial charge >= 0.3 is 6.18 Å². The van der Waals surface area contributed by atoms with E-state index in [0.29, 0.717) is 5.52 Å². The van der Waals surface area contributed by atoms with Crippen molar-refractivity contribution in [1.82, 2.24) is 15.3 Å². The molecule has 3 N–H and O–H groups in total. The average Bonchev–Trinajstić information content (AvgIpc) is 3.14. The van der Waals surface area contributed by atoms with Gasteiger partial charge in [0.1, 0.15) is 11.8 Å². The Morgan fingerprint density at radius 2 is 2.11 bits per heavy atom. The van der Waals surface area contributed by atoms with Crippen LogP contribution in [0.4, 0.5) is 13.2 Å². The van der Waals surface area contributed by atoms with Crippen molar-refractivity contribution in [3.05, 3.63) is 62.1 Å². The highest BCUT2D eigenvalue weighted by Gasteiger charge is 2.58. The Balaban J connectivity index is 1.90. The van der Waals surface area contributed by atoms with Crippen molar-refractivity contribution in [3.8, 4) is 0 Å². The number of pyridine rings is 1. The van der Waals surface area contributed by atoms with Crippen molar-refractivity contribution in [2.45, 2.75) is 11.8 Å². The first-order valence-electron chi connectivity index (χ1n) is 7.42. The average molecular weight is 493 g/mol. The summed E-state index contributed by atoms with van der Waals surface area (Å²) in [5, 5.41) is 12.1. The van der Waals surface area contributed by atoms with E-state index >= 15 is 0 Å². The molecule has 142 valence electrons. The summed E-state index contributed by atoms with van der Waals surface area (Å²) >= 11 is 1.99. The monoisotopic (exact) mass is 493 g/mol. The van der Waals surface area contributed by atoms with E-state index in [-0.39, 0.29) is 10.9 Å². The number of halogens is 4. The van der Waals surface area contributed by atoms with E-state index in [4.69, 9.17) is 0 Å². The number of oxazole rings is 1. The van der Waals surface area contributed by atoms with Crippen LogP contribution in [0, 0.1) is 3.57 Å². The number of H-pyrrole nitrogens is 1. The van der Waals surface area contributed by atoms with Crippen LogP contribution in [0.2, 0.25) is 0 Å². The van der Waals surface area contributed by atoms with Crippen LogP contribution in [0.15, 0.2) is 46.1 Å². The minimum atomic E-state index is -5.17. The van der Waals surface area contributed by atoms with E-state index in [9.17, 15) is 27.9 Å². The second-order valence-corrected chi connectivity index (χ2v) is 6.84. The van der Waals surface area contributed by atoms with Gasteiger partial charge in [0.15, 0.2) is 0 Å². The van der Waals surface area contributed by atoms with E-state index in [1.54, 1.807) is 18.2 Å². The van der Waals surface area contributed by atoms with Crippen molar-refractivity contribution < 1.29 is 27.5 Å². The van der Waals surface area contributed by atoms with Gasteiger partial charge in [-0.3, -0.25) is 9.59 Å². The van der Waals surface area contributed by atoms with E-state index in [2.05, 4.69) is 14.4 Å². The maximum Gasteiger partial charge on any atom is 0.428 e. The van der Waals surface area contributed by atoms with Crippen molar-refractivity contribution in [2.24, 2.45) is 0 Å². The molecule has 2 heterocycles. The molecule has 2 aromatic heterocycles. The number of hydrogen-bond acceptors (Lipinski definition) is 5. The number of carbonyl (C=O) groups is 1. The first-order valence-corrected chi connectivity index (χ1v) is 8.49. The van der Waals surface area contributed by atoms with Crippen LogP contribution in [0.3, 0.4) is 0 Å². The molecule has 3 rings (SSSR count). The molecule has 3 aromatic rings. The molecule has 1 atom stereocenters. The molecule has 0 fully saturated rings. The number of carbonyl (C=O) groups excluding carboxylic acids is 1. The third kappa shape index (κ3) is 3.56. The Bertz CT molecular complexity index is 1050. The van der Waals surface area contributed by atoms with Crippen LogP contribution < -0.4 is 10.7 Å². The third-order valence-corrected chi connectivity index (χ3v) is 4.52. The summed E-state index contributed by atoms with van der Waals surface area (Å²) in [6.45, 7) is -1.28. The summed E-state index contributed by atoms with van der Waals surface area (Å²) in [5.74, 6) is -2.09. The third-order valence-electron chi connectivity index (χ3n) is 3.85. The lowest BCUT2D eigenvalue weighted by Crippen LogP contribution is -2.51. The van der Waals surface area contributed by atoms with Crippen LogP contribution in [-0.4, -0.2) is 33.7 Å². The highest BCUT2D eigenvalue weighted by atomic mass is 127. The maximum absolute atomic E-state index is 13.3. The Kier molecular flexibility index (Phi) is 4.99. The van der Waals surface area contributed by atoms with Crippen molar-refractivity contribution in [3.63, 3.8) is 0 Å². The molecule has 0 aliphatic heterocycles. The van der Waals surface area contributed by atoms with E-state index < -0.39 is 35.5 Å².